The highest BCUT2D eigenvalue weighted by atomic mass is 16.7. The van der Waals surface area contributed by atoms with Gasteiger partial charge < -0.3 is 14.6 Å². The highest BCUT2D eigenvalue weighted by Gasteiger charge is 2.18. The van der Waals surface area contributed by atoms with Crippen molar-refractivity contribution in [2.24, 2.45) is 0 Å². The van der Waals surface area contributed by atoms with Crippen molar-refractivity contribution in [3.05, 3.63) is 0 Å². The molecule has 14 heavy (non-hydrogen) atoms. The number of carboxylic acid groups (broad SMARTS) is 1. The molecule has 0 saturated carbocycles. The van der Waals surface area contributed by atoms with Crippen LogP contribution in [-0.2, 0) is 14.3 Å². The molecule has 0 radical (unpaired) electrons. The molecule has 0 aromatic carbocycles. The molecule has 0 rings (SSSR count). The second kappa shape index (κ2) is 7.76. The summed E-state index contributed by atoms with van der Waals surface area (Å²) in [6.07, 6.45) is 1.28. The number of rotatable bonds is 8. The van der Waals surface area contributed by atoms with Crippen molar-refractivity contribution in [3.8, 4) is 0 Å². The van der Waals surface area contributed by atoms with Crippen LogP contribution in [0.5, 0.6) is 0 Å². The number of carboxylic acids is 1. The summed E-state index contributed by atoms with van der Waals surface area (Å²) in [6, 6.07) is 0. The molecule has 0 aliphatic carbocycles. The smallest absolute Gasteiger partial charge is 0.332 e. The summed E-state index contributed by atoms with van der Waals surface area (Å²) >= 11 is 0. The lowest BCUT2D eigenvalue weighted by Crippen LogP contribution is -2.28. The molecule has 84 valence electrons. The maximum Gasteiger partial charge on any atom is 0.332 e. The zero-order valence-electron chi connectivity index (χ0n) is 9.16. The van der Waals surface area contributed by atoms with Gasteiger partial charge in [0, 0.05) is 6.61 Å². The summed E-state index contributed by atoms with van der Waals surface area (Å²) < 4.78 is 10.5. The molecular weight excluding hydrogens is 184 g/mol. The lowest BCUT2D eigenvalue weighted by molar-refractivity contribution is -0.184. The number of unbranched alkanes of at least 4 members (excludes halogenated alkanes) is 1. The van der Waals surface area contributed by atoms with Gasteiger partial charge in [-0.25, -0.2) is 4.79 Å². The van der Waals surface area contributed by atoms with Crippen molar-refractivity contribution in [2.75, 3.05) is 6.61 Å². The largest absolute Gasteiger partial charge is 0.479 e. The van der Waals surface area contributed by atoms with Gasteiger partial charge in [-0.15, -0.1) is 0 Å². The molecule has 2 unspecified atom stereocenters. The molecular formula is C10H20O4. The molecule has 0 aliphatic rings. The Bertz CT molecular complexity index is 158. The number of carbonyl (C=O) groups is 1. The van der Waals surface area contributed by atoms with Gasteiger partial charge in [0.05, 0.1) is 0 Å². The van der Waals surface area contributed by atoms with E-state index in [0.29, 0.717) is 13.0 Å². The maximum atomic E-state index is 10.6. The summed E-state index contributed by atoms with van der Waals surface area (Å²) in [7, 11) is 0. The van der Waals surface area contributed by atoms with Gasteiger partial charge in [0.25, 0.3) is 0 Å². The fraction of sp³-hybridized carbons (Fsp3) is 0.900. The summed E-state index contributed by atoms with van der Waals surface area (Å²) in [5.74, 6) is -0.932. The maximum absolute atomic E-state index is 10.6. The van der Waals surface area contributed by atoms with Gasteiger partial charge in [-0.05, 0) is 19.8 Å². The van der Waals surface area contributed by atoms with Crippen LogP contribution in [0.3, 0.4) is 0 Å². The third kappa shape index (κ3) is 5.94. The predicted molar refractivity (Wildman–Crippen MR) is 53.1 cm³/mol. The van der Waals surface area contributed by atoms with Gasteiger partial charge >= 0.3 is 5.97 Å². The molecule has 4 nitrogen and oxygen atoms in total. The standard InChI is InChI=1S/C10H20O4/c1-4-6-7-13-8(3)14-9(5-2)10(11)12/h8-9H,4-7H2,1-3H3,(H,11,12). The van der Waals surface area contributed by atoms with E-state index in [9.17, 15) is 4.79 Å². The Labute approximate surface area is 85.2 Å². The minimum Gasteiger partial charge on any atom is -0.479 e. The van der Waals surface area contributed by atoms with E-state index in [4.69, 9.17) is 14.6 Å². The Kier molecular flexibility index (Phi) is 7.42. The molecule has 0 aliphatic heterocycles. The van der Waals surface area contributed by atoms with Crippen molar-refractivity contribution < 1.29 is 19.4 Å². The summed E-state index contributed by atoms with van der Waals surface area (Å²) in [5.41, 5.74) is 0. The van der Waals surface area contributed by atoms with Crippen LogP contribution in [0.25, 0.3) is 0 Å². The predicted octanol–water partition coefficient (Wildman–Crippen LogP) is 2.03. The molecule has 0 saturated heterocycles. The fourth-order valence-electron chi connectivity index (χ4n) is 0.993. The Hall–Kier alpha value is -0.610. The first-order valence-electron chi connectivity index (χ1n) is 5.11. The summed E-state index contributed by atoms with van der Waals surface area (Å²) in [4.78, 5) is 10.6. The zero-order valence-corrected chi connectivity index (χ0v) is 9.16. The van der Waals surface area contributed by atoms with Crippen LogP contribution >= 0.6 is 0 Å². The van der Waals surface area contributed by atoms with Crippen molar-refractivity contribution in [1.82, 2.24) is 0 Å². The molecule has 0 aromatic rings. The Balaban J connectivity index is 3.67. The molecule has 0 bridgehead atoms. The molecule has 4 heteroatoms. The third-order valence-corrected chi connectivity index (χ3v) is 1.85. The number of hydrogen-bond donors (Lipinski definition) is 1. The van der Waals surface area contributed by atoms with E-state index in [1.54, 1.807) is 13.8 Å². The first-order chi connectivity index (χ1) is 6.61. The summed E-state index contributed by atoms with van der Waals surface area (Å²) in [5, 5.41) is 8.71. The lowest BCUT2D eigenvalue weighted by Gasteiger charge is -2.18. The Morgan fingerprint density at radius 2 is 2.07 bits per heavy atom. The number of hydrogen-bond acceptors (Lipinski definition) is 3. The SMILES string of the molecule is CCCCOC(C)OC(CC)C(=O)O. The topological polar surface area (TPSA) is 55.8 Å². The van der Waals surface area contributed by atoms with Crippen molar-refractivity contribution >= 4 is 5.97 Å². The van der Waals surface area contributed by atoms with Gasteiger partial charge in [0.2, 0.25) is 0 Å². The monoisotopic (exact) mass is 204 g/mol. The van der Waals surface area contributed by atoms with E-state index in [1.807, 2.05) is 0 Å². The van der Waals surface area contributed by atoms with E-state index in [-0.39, 0.29) is 0 Å². The highest BCUT2D eigenvalue weighted by molar-refractivity contribution is 5.72. The van der Waals surface area contributed by atoms with Gasteiger partial charge in [0.15, 0.2) is 12.4 Å². The van der Waals surface area contributed by atoms with Crippen LogP contribution in [0.15, 0.2) is 0 Å². The normalized spacial score (nSPS) is 15.1. The first-order valence-corrected chi connectivity index (χ1v) is 5.11. The fourth-order valence-corrected chi connectivity index (χ4v) is 0.993. The second-order valence-corrected chi connectivity index (χ2v) is 3.16. The van der Waals surface area contributed by atoms with Crippen LogP contribution in [0, 0.1) is 0 Å². The van der Waals surface area contributed by atoms with Gasteiger partial charge in [-0.2, -0.15) is 0 Å². The van der Waals surface area contributed by atoms with E-state index >= 15 is 0 Å². The van der Waals surface area contributed by atoms with Crippen molar-refractivity contribution in [3.63, 3.8) is 0 Å². The highest BCUT2D eigenvalue weighted by Crippen LogP contribution is 2.05. The molecule has 0 spiro atoms. The van der Waals surface area contributed by atoms with Gasteiger partial charge in [-0.3, -0.25) is 0 Å². The number of aliphatic carboxylic acids is 1. The van der Waals surface area contributed by atoms with Gasteiger partial charge in [-0.1, -0.05) is 20.3 Å². The van der Waals surface area contributed by atoms with E-state index in [0.717, 1.165) is 12.8 Å². The van der Waals surface area contributed by atoms with Crippen molar-refractivity contribution in [2.45, 2.75) is 52.4 Å². The summed E-state index contributed by atoms with van der Waals surface area (Å²) in [6.45, 7) is 6.19. The lowest BCUT2D eigenvalue weighted by atomic mass is 10.3. The van der Waals surface area contributed by atoms with Crippen LogP contribution < -0.4 is 0 Å². The second-order valence-electron chi connectivity index (χ2n) is 3.16. The van der Waals surface area contributed by atoms with Crippen LogP contribution in [0.2, 0.25) is 0 Å². The van der Waals surface area contributed by atoms with Crippen LogP contribution in [0.4, 0.5) is 0 Å². The molecule has 1 N–H and O–H groups in total. The molecule has 0 heterocycles. The zero-order chi connectivity index (χ0) is 11.0. The van der Waals surface area contributed by atoms with Crippen molar-refractivity contribution in [1.29, 1.82) is 0 Å². The Morgan fingerprint density at radius 1 is 1.43 bits per heavy atom. The van der Waals surface area contributed by atoms with Crippen LogP contribution in [-0.4, -0.2) is 30.1 Å². The van der Waals surface area contributed by atoms with E-state index < -0.39 is 18.4 Å². The average Bonchev–Trinajstić information content (AvgIpc) is 2.14. The van der Waals surface area contributed by atoms with E-state index in [1.165, 1.54) is 0 Å². The van der Waals surface area contributed by atoms with E-state index in [2.05, 4.69) is 6.92 Å². The molecule has 0 amide bonds. The minimum absolute atomic E-state index is 0.442. The molecule has 0 fully saturated rings. The average molecular weight is 204 g/mol. The first kappa shape index (κ1) is 13.4. The minimum atomic E-state index is -0.932. The van der Waals surface area contributed by atoms with Crippen LogP contribution in [0.1, 0.15) is 40.0 Å². The third-order valence-electron chi connectivity index (χ3n) is 1.85. The quantitative estimate of drug-likeness (QED) is 0.485. The Morgan fingerprint density at radius 3 is 2.50 bits per heavy atom. The van der Waals surface area contributed by atoms with Gasteiger partial charge in [0.1, 0.15) is 0 Å². The number of ether oxygens (including phenoxy) is 2. The molecule has 2 atom stereocenters. The molecule has 0 aromatic heterocycles.